The lowest BCUT2D eigenvalue weighted by molar-refractivity contribution is -0.145. The molecule has 1 saturated carbocycles. The monoisotopic (exact) mass is 790 g/mol. The molecule has 0 heterocycles. The van der Waals surface area contributed by atoms with Crippen LogP contribution >= 0.6 is 0 Å². The van der Waals surface area contributed by atoms with Crippen molar-refractivity contribution < 1.29 is 47.7 Å². The topological polar surface area (TPSA) is 164 Å². The van der Waals surface area contributed by atoms with E-state index in [1.165, 1.54) is 48.0 Å². The van der Waals surface area contributed by atoms with Crippen LogP contribution in [0.25, 0.3) is 0 Å². The molecule has 1 fully saturated rings. The molecule has 1 aliphatic rings. The minimum absolute atomic E-state index is 0.0157. The van der Waals surface area contributed by atoms with Crippen molar-refractivity contribution in [2.75, 3.05) is 20.1 Å². The summed E-state index contributed by atoms with van der Waals surface area (Å²) >= 11 is 0. The number of hydrogen-bond donors (Lipinski definition) is 3. The number of amides is 4. The number of para-hydroxylation sites is 1. The summed E-state index contributed by atoms with van der Waals surface area (Å²) in [4.78, 5) is 68.4. The lowest BCUT2D eigenvalue weighted by Gasteiger charge is -2.37. The van der Waals surface area contributed by atoms with Crippen molar-refractivity contribution in [3.05, 3.63) is 101 Å². The minimum Gasteiger partial charge on any atom is -0.489 e. The van der Waals surface area contributed by atoms with E-state index < -0.39 is 65.6 Å². The number of carbonyl (C=O) groups excluding carboxylic acids is 4. The van der Waals surface area contributed by atoms with Gasteiger partial charge in [-0.3, -0.25) is 14.5 Å². The molecule has 0 bridgehead atoms. The third-order valence-electron chi connectivity index (χ3n) is 9.42. The van der Waals surface area contributed by atoms with Crippen LogP contribution in [0, 0.1) is 11.7 Å². The summed E-state index contributed by atoms with van der Waals surface area (Å²) < 4.78 is 30.9. The Balaban J connectivity index is 1.41. The number of aryl methyl sites for hydroxylation is 1. The number of hydrogen-bond acceptors (Lipinski definition) is 8. The van der Waals surface area contributed by atoms with E-state index in [0.29, 0.717) is 43.5 Å². The number of carbonyl (C=O) groups is 5. The molecule has 14 heteroatoms. The zero-order valence-electron chi connectivity index (χ0n) is 33.5. The standard InChI is InChI=1S/C43H55FN4O9/c1-28(56-36-17-11-10-15-32(36)16-12-24-45-41(53)55-27-31-13-8-7-9-14-31)26-48(42(54)57-43(3,4)5)37(33-20-21-33)39(50)47(6)29(2)38(49)46-35(40(51)52)25-30-18-22-34(44)23-19-30/h7-11,13-15,17-19,22-23,28-29,33,35,37H,12,16,20-21,24-27H2,1-6H3,(H,45,53)(H,46,49)(H,51,52)/t28-,29-,35-,37+/m1/s1. The first-order valence-electron chi connectivity index (χ1n) is 19.3. The van der Waals surface area contributed by atoms with Gasteiger partial charge in [-0.05, 0) is 101 Å². The number of alkyl carbamates (subject to hydrolysis) is 1. The van der Waals surface area contributed by atoms with Gasteiger partial charge in [0, 0.05) is 20.0 Å². The van der Waals surface area contributed by atoms with Gasteiger partial charge in [0.2, 0.25) is 11.8 Å². The maximum atomic E-state index is 14.3. The van der Waals surface area contributed by atoms with Crippen LogP contribution < -0.4 is 15.4 Å². The van der Waals surface area contributed by atoms with Gasteiger partial charge in [0.1, 0.15) is 48.0 Å². The molecule has 0 spiro atoms. The molecule has 0 saturated heterocycles. The average molecular weight is 791 g/mol. The summed E-state index contributed by atoms with van der Waals surface area (Å²) in [6.07, 6.45) is 0.623. The molecule has 57 heavy (non-hydrogen) atoms. The van der Waals surface area contributed by atoms with Gasteiger partial charge in [0.15, 0.2) is 0 Å². The molecule has 0 unspecified atom stereocenters. The zero-order valence-corrected chi connectivity index (χ0v) is 33.5. The van der Waals surface area contributed by atoms with Crippen molar-refractivity contribution in [1.82, 2.24) is 20.4 Å². The zero-order chi connectivity index (χ0) is 41.7. The summed E-state index contributed by atoms with van der Waals surface area (Å²) in [5.41, 5.74) is 1.42. The molecule has 4 rings (SSSR count). The molecular weight excluding hydrogens is 735 g/mol. The SMILES string of the molecule is C[C@H](CN(C(=O)OC(C)(C)C)[C@H](C(=O)N(C)[C@H](C)C(=O)N[C@H](Cc1ccc(F)cc1)C(=O)O)C1CC1)Oc1ccccc1CCCNC(=O)OCc1ccccc1. The lowest BCUT2D eigenvalue weighted by Crippen LogP contribution is -2.58. The van der Waals surface area contributed by atoms with Crippen molar-refractivity contribution in [3.8, 4) is 5.75 Å². The molecule has 0 aromatic heterocycles. The van der Waals surface area contributed by atoms with Crippen molar-refractivity contribution in [2.24, 2.45) is 5.92 Å². The molecule has 3 aromatic rings. The summed E-state index contributed by atoms with van der Waals surface area (Å²) in [7, 11) is 1.44. The highest BCUT2D eigenvalue weighted by Gasteiger charge is 2.46. The predicted octanol–water partition coefficient (Wildman–Crippen LogP) is 6.13. The largest absolute Gasteiger partial charge is 0.489 e. The van der Waals surface area contributed by atoms with E-state index in [4.69, 9.17) is 14.2 Å². The first-order valence-corrected chi connectivity index (χ1v) is 19.3. The maximum absolute atomic E-state index is 14.3. The third kappa shape index (κ3) is 14.1. The van der Waals surface area contributed by atoms with E-state index in [2.05, 4.69) is 10.6 Å². The smallest absolute Gasteiger partial charge is 0.411 e. The van der Waals surface area contributed by atoms with Crippen LogP contribution in [0.2, 0.25) is 0 Å². The van der Waals surface area contributed by atoms with Gasteiger partial charge in [0.05, 0.1) is 6.54 Å². The normalized spacial score (nSPS) is 14.6. The second kappa shape index (κ2) is 20.5. The Kier molecular flexibility index (Phi) is 15.8. The van der Waals surface area contributed by atoms with E-state index in [9.17, 15) is 33.5 Å². The number of nitrogens with one attached hydrogen (secondary N) is 2. The second-order valence-electron chi connectivity index (χ2n) is 15.4. The molecule has 4 amide bonds. The van der Waals surface area contributed by atoms with Gasteiger partial charge in [-0.15, -0.1) is 0 Å². The fraction of sp³-hybridized carbons (Fsp3) is 0.465. The molecule has 3 N–H and O–H groups in total. The number of aliphatic carboxylic acids is 1. The summed E-state index contributed by atoms with van der Waals surface area (Å²) in [5, 5.41) is 15.1. The van der Waals surface area contributed by atoms with Crippen molar-refractivity contribution in [1.29, 1.82) is 0 Å². The third-order valence-corrected chi connectivity index (χ3v) is 9.42. The van der Waals surface area contributed by atoms with E-state index in [1.54, 1.807) is 27.7 Å². The first kappa shape index (κ1) is 44.1. The van der Waals surface area contributed by atoms with Crippen LogP contribution in [-0.2, 0) is 43.3 Å². The lowest BCUT2D eigenvalue weighted by atomic mass is 10.0. The molecule has 13 nitrogen and oxygen atoms in total. The van der Waals surface area contributed by atoms with Crippen LogP contribution in [0.4, 0.5) is 14.0 Å². The number of rotatable bonds is 19. The van der Waals surface area contributed by atoms with Crippen molar-refractivity contribution in [2.45, 2.75) is 103 Å². The summed E-state index contributed by atoms with van der Waals surface area (Å²) in [5.74, 6) is -2.57. The Labute approximate surface area is 333 Å². The number of nitrogens with zero attached hydrogens (tertiary/aromatic N) is 2. The number of ether oxygens (including phenoxy) is 3. The van der Waals surface area contributed by atoms with Gasteiger partial charge in [-0.25, -0.2) is 18.8 Å². The number of carboxylic acids is 1. The Morgan fingerprint density at radius 1 is 0.912 bits per heavy atom. The van der Waals surface area contributed by atoms with Gasteiger partial charge < -0.3 is 34.9 Å². The van der Waals surface area contributed by atoms with Gasteiger partial charge in [0.25, 0.3) is 0 Å². The molecule has 1 aliphatic carbocycles. The maximum Gasteiger partial charge on any atom is 0.411 e. The Morgan fingerprint density at radius 2 is 1.56 bits per heavy atom. The van der Waals surface area contributed by atoms with Crippen LogP contribution in [-0.4, -0.2) is 94.8 Å². The number of benzene rings is 3. The fourth-order valence-electron chi connectivity index (χ4n) is 6.15. The predicted molar refractivity (Wildman–Crippen MR) is 211 cm³/mol. The van der Waals surface area contributed by atoms with E-state index >= 15 is 0 Å². The fourth-order valence-corrected chi connectivity index (χ4v) is 6.15. The summed E-state index contributed by atoms with van der Waals surface area (Å²) in [6.45, 7) is 9.00. The molecular formula is C43H55FN4O9. The molecule has 308 valence electrons. The molecule has 0 radical (unpaired) electrons. The second-order valence-corrected chi connectivity index (χ2v) is 15.4. The van der Waals surface area contributed by atoms with Gasteiger partial charge >= 0.3 is 18.2 Å². The minimum atomic E-state index is -1.33. The van der Waals surface area contributed by atoms with E-state index in [1.807, 2.05) is 54.6 Å². The first-order chi connectivity index (χ1) is 27.0. The number of halogens is 1. The van der Waals surface area contributed by atoms with Crippen molar-refractivity contribution in [3.63, 3.8) is 0 Å². The van der Waals surface area contributed by atoms with Gasteiger partial charge in [-0.2, -0.15) is 0 Å². The van der Waals surface area contributed by atoms with E-state index in [-0.39, 0.29) is 25.5 Å². The summed E-state index contributed by atoms with van der Waals surface area (Å²) in [6, 6.07) is 18.8. The van der Waals surface area contributed by atoms with Crippen LogP contribution in [0.15, 0.2) is 78.9 Å². The Morgan fingerprint density at radius 3 is 2.19 bits per heavy atom. The highest BCUT2D eigenvalue weighted by Crippen LogP contribution is 2.37. The number of carboxylic acid groups (broad SMARTS) is 1. The average Bonchev–Trinajstić information content (AvgIpc) is 4.01. The quantitative estimate of drug-likeness (QED) is 0.121. The van der Waals surface area contributed by atoms with Crippen molar-refractivity contribution >= 4 is 30.0 Å². The highest BCUT2D eigenvalue weighted by atomic mass is 19.1. The molecule has 0 aliphatic heterocycles. The molecule has 4 atom stereocenters. The van der Waals surface area contributed by atoms with E-state index in [0.717, 1.165) is 11.1 Å². The van der Waals surface area contributed by atoms with Crippen LogP contribution in [0.5, 0.6) is 5.75 Å². The van der Waals surface area contributed by atoms with Crippen LogP contribution in [0.3, 0.4) is 0 Å². The Bertz CT molecular complexity index is 1810. The Hall–Kier alpha value is -5.66. The highest BCUT2D eigenvalue weighted by molar-refractivity contribution is 5.93. The molecule has 3 aromatic carbocycles. The van der Waals surface area contributed by atoms with Gasteiger partial charge in [-0.1, -0.05) is 60.7 Å². The van der Waals surface area contributed by atoms with Crippen LogP contribution in [0.1, 0.15) is 70.6 Å². The number of likely N-dealkylation sites (N-methyl/N-ethyl adjacent to an activating group) is 1.